The van der Waals surface area contributed by atoms with E-state index in [1.54, 1.807) is 6.07 Å². The summed E-state index contributed by atoms with van der Waals surface area (Å²) in [5, 5.41) is 11.0. The number of amides is 1. The summed E-state index contributed by atoms with van der Waals surface area (Å²) in [6, 6.07) is 3.48. The van der Waals surface area contributed by atoms with Crippen molar-refractivity contribution in [1.82, 2.24) is 0 Å². The van der Waals surface area contributed by atoms with Gasteiger partial charge in [0.15, 0.2) is 0 Å². The standard InChI is InChI=1S/C10H9N2O3.Ga/c1-7(13)11-6-5-8-3-2-4-9(10(8)11)12(14)15;/h3-4H,5-6H2,1H3;. The van der Waals surface area contributed by atoms with Crippen LogP contribution in [0.1, 0.15) is 12.5 Å². The molecule has 0 N–H and O–H groups in total. The van der Waals surface area contributed by atoms with E-state index in [9.17, 15) is 14.9 Å². The van der Waals surface area contributed by atoms with E-state index in [0.717, 1.165) is 9.68 Å². The van der Waals surface area contributed by atoms with E-state index in [4.69, 9.17) is 0 Å². The van der Waals surface area contributed by atoms with Crippen molar-refractivity contribution in [2.24, 2.45) is 0 Å². The van der Waals surface area contributed by atoms with Crippen molar-refractivity contribution in [3.63, 3.8) is 0 Å². The average Bonchev–Trinajstić information content (AvgIpc) is 2.59. The maximum atomic E-state index is 11.4. The molecule has 1 aliphatic heterocycles. The number of hydrogen-bond donors (Lipinski definition) is 0. The van der Waals surface area contributed by atoms with E-state index >= 15 is 0 Å². The van der Waals surface area contributed by atoms with Gasteiger partial charge in [0.1, 0.15) is 0 Å². The van der Waals surface area contributed by atoms with Crippen LogP contribution in [0.25, 0.3) is 0 Å². The van der Waals surface area contributed by atoms with Gasteiger partial charge in [-0.2, -0.15) is 0 Å². The third-order valence-electron chi connectivity index (χ3n) is 2.64. The predicted molar refractivity (Wildman–Crippen MR) is 60.2 cm³/mol. The molecule has 2 radical (unpaired) electrons. The van der Waals surface area contributed by atoms with Crippen molar-refractivity contribution in [2.45, 2.75) is 13.3 Å². The number of anilines is 1. The fourth-order valence-corrected chi connectivity index (χ4v) is 2.76. The van der Waals surface area contributed by atoms with Crippen molar-refractivity contribution in [3.8, 4) is 0 Å². The number of benzene rings is 1. The molecule has 0 spiro atoms. The van der Waals surface area contributed by atoms with Crippen LogP contribution in [-0.4, -0.2) is 36.0 Å². The fraction of sp³-hybridized carbons (Fsp3) is 0.300. The first kappa shape index (κ1) is 11.2. The Labute approximate surface area is 102 Å². The molecule has 1 amide bonds. The minimum atomic E-state index is -0.414. The molecule has 16 heavy (non-hydrogen) atoms. The Bertz CT molecular complexity index is 487. The molecule has 0 aliphatic carbocycles. The van der Waals surface area contributed by atoms with Crippen LogP contribution in [0, 0.1) is 10.1 Å². The van der Waals surface area contributed by atoms with Crippen LogP contribution in [0.2, 0.25) is 0 Å². The van der Waals surface area contributed by atoms with E-state index in [1.807, 2.05) is 6.07 Å². The number of nitrogens with zero attached hydrogens (tertiary/aromatic N) is 2. The summed E-state index contributed by atoms with van der Waals surface area (Å²) in [7, 11) is 0. The molecule has 0 saturated heterocycles. The molecule has 1 aliphatic rings. The predicted octanol–water partition coefficient (Wildman–Crippen LogP) is 0.298. The molecule has 0 bridgehead atoms. The molecule has 1 aromatic rings. The summed E-state index contributed by atoms with van der Waals surface area (Å²) in [6.07, 6.45) is 0.702. The van der Waals surface area contributed by atoms with Crippen LogP contribution in [0.4, 0.5) is 11.4 Å². The van der Waals surface area contributed by atoms with Gasteiger partial charge in [0.25, 0.3) is 0 Å². The van der Waals surface area contributed by atoms with Crippen molar-refractivity contribution in [3.05, 3.63) is 27.8 Å². The van der Waals surface area contributed by atoms with Crippen molar-refractivity contribution in [1.29, 1.82) is 0 Å². The van der Waals surface area contributed by atoms with Gasteiger partial charge in [-0.1, -0.05) is 0 Å². The quantitative estimate of drug-likeness (QED) is 0.420. The summed E-state index contributed by atoms with van der Waals surface area (Å²) in [6.45, 7) is 1.98. The average molecular weight is 275 g/mol. The second-order valence-corrected chi connectivity index (χ2v) is 5.12. The molecule has 0 unspecified atom stereocenters. The minimum absolute atomic E-state index is 0.0459. The third-order valence-corrected chi connectivity index (χ3v) is 3.34. The first-order valence-electron chi connectivity index (χ1n) is 4.85. The molecule has 1 aromatic carbocycles. The van der Waals surface area contributed by atoms with Crippen LogP contribution in [0.3, 0.4) is 0 Å². The Hall–Kier alpha value is -1.27. The third kappa shape index (κ3) is 1.74. The molecule has 5 nitrogen and oxygen atoms in total. The number of fused-ring (bicyclic) bond motifs is 1. The second kappa shape index (κ2) is 3.95. The number of nitro groups is 1. The number of hydrogen-bond acceptors (Lipinski definition) is 3. The van der Waals surface area contributed by atoms with Gasteiger partial charge >= 0.3 is 102 Å². The maximum absolute atomic E-state index is 11.4. The molecule has 1 heterocycles. The number of rotatable bonds is 1. The van der Waals surface area contributed by atoms with Crippen molar-refractivity contribution in [2.75, 3.05) is 11.4 Å². The molecule has 0 fully saturated rings. The zero-order valence-corrected chi connectivity index (χ0v) is 11.2. The SMILES string of the molecule is CC(=O)N1CCc2c[c]([Ga])cc([N+](=O)[O-])c21. The zero-order valence-electron chi connectivity index (χ0n) is 8.77. The van der Waals surface area contributed by atoms with Gasteiger partial charge in [-0.15, -0.1) is 0 Å². The van der Waals surface area contributed by atoms with Crippen molar-refractivity contribution < 1.29 is 9.72 Å². The van der Waals surface area contributed by atoms with Gasteiger partial charge in [-0.25, -0.2) is 0 Å². The Morgan fingerprint density at radius 3 is 2.81 bits per heavy atom. The molecule has 0 aromatic heterocycles. The monoisotopic (exact) mass is 274 g/mol. The number of nitro benzene ring substituents is 1. The molecule has 2 rings (SSSR count). The Balaban J connectivity index is 2.63. The number of carbonyl (C=O) groups excluding carboxylic acids is 1. The van der Waals surface area contributed by atoms with Crippen LogP contribution in [0.15, 0.2) is 12.1 Å². The molecular weight excluding hydrogens is 266 g/mol. The summed E-state index contributed by atoms with van der Waals surface area (Å²) in [5.41, 5.74) is 1.44. The Morgan fingerprint density at radius 1 is 1.56 bits per heavy atom. The summed E-state index contributed by atoms with van der Waals surface area (Å²) in [4.78, 5) is 23.4. The molecule has 0 atom stereocenters. The van der Waals surface area contributed by atoms with E-state index in [-0.39, 0.29) is 11.6 Å². The summed E-state index contributed by atoms with van der Waals surface area (Å²) < 4.78 is 0.920. The Kier molecular flexibility index (Phi) is 2.77. The van der Waals surface area contributed by atoms with Gasteiger partial charge < -0.3 is 0 Å². The van der Waals surface area contributed by atoms with Crippen LogP contribution in [0.5, 0.6) is 0 Å². The molecule has 6 heteroatoms. The van der Waals surface area contributed by atoms with Crippen molar-refractivity contribution >= 4 is 40.0 Å². The van der Waals surface area contributed by atoms with Gasteiger partial charge in [0, 0.05) is 0 Å². The van der Waals surface area contributed by atoms with Gasteiger partial charge in [0.05, 0.1) is 0 Å². The normalized spacial score (nSPS) is 13.7. The van der Waals surface area contributed by atoms with Crippen LogP contribution >= 0.6 is 0 Å². The molecular formula is C10H9GaN2O3. The molecule has 0 saturated carbocycles. The van der Waals surface area contributed by atoms with Gasteiger partial charge in [-0.05, 0) is 0 Å². The first-order valence-corrected chi connectivity index (χ1v) is 6.06. The fourth-order valence-electron chi connectivity index (χ4n) is 2.00. The van der Waals surface area contributed by atoms with Crippen LogP contribution < -0.4 is 9.02 Å². The molecule has 80 valence electrons. The second-order valence-electron chi connectivity index (χ2n) is 3.73. The van der Waals surface area contributed by atoms with E-state index in [2.05, 4.69) is 0 Å². The van der Waals surface area contributed by atoms with E-state index in [1.165, 1.54) is 30.4 Å². The zero-order chi connectivity index (χ0) is 11.9. The summed E-state index contributed by atoms with van der Waals surface area (Å²) >= 11 is 1.35. The topological polar surface area (TPSA) is 63.5 Å². The summed E-state index contributed by atoms with van der Waals surface area (Å²) in [5.74, 6) is -0.142. The number of carbonyl (C=O) groups is 1. The Morgan fingerprint density at radius 2 is 2.25 bits per heavy atom. The van der Waals surface area contributed by atoms with E-state index in [0.29, 0.717) is 18.7 Å². The first-order chi connectivity index (χ1) is 7.50. The van der Waals surface area contributed by atoms with E-state index < -0.39 is 4.92 Å². The van der Waals surface area contributed by atoms with Gasteiger partial charge in [0.2, 0.25) is 0 Å². The van der Waals surface area contributed by atoms with Crippen LogP contribution in [-0.2, 0) is 11.2 Å². The van der Waals surface area contributed by atoms with Gasteiger partial charge in [-0.3, -0.25) is 0 Å².